The number of hydrogen-bond acceptors (Lipinski definition) is 3. The highest BCUT2D eigenvalue weighted by atomic mass is 16.3. The Balaban J connectivity index is 2.06. The van der Waals surface area contributed by atoms with Crippen LogP contribution in [-0.4, -0.2) is 18.5 Å². The summed E-state index contributed by atoms with van der Waals surface area (Å²) in [6.45, 7) is 2.57. The second kappa shape index (κ2) is 6.38. The summed E-state index contributed by atoms with van der Waals surface area (Å²) >= 11 is 0. The van der Waals surface area contributed by atoms with E-state index in [2.05, 4.69) is 12.2 Å². The standard InChI is InChI=1S/C15H20N2O2/c1-2-3-7-12(10-16)17-15(18)14-9-11-6-4-5-8-13(11)19-14/h4-6,8-9,12H,2-3,7,10,16H2,1H3,(H,17,18). The molecule has 1 aromatic heterocycles. The lowest BCUT2D eigenvalue weighted by atomic mass is 10.1. The van der Waals surface area contributed by atoms with Crippen molar-refractivity contribution >= 4 is 16.9 Å². The predicted molar refractivity (Wildman–Crippen MR) is 76.0 cm³/mol. The SMILES string of the molecule is CCCCC(CN)NC(=O)c1cc2ccccc2o1. The van der Waals surface area contributed by atoms with Gasteiger partial charge in [-0.2, -0.15) is 0 Å². The van der Waals surface area contributed by atoms with Crippen LogP contribution in [0.4, 0.5) is 0 Å². The van der Waals surface area contributed by atoms with Crippen LogP contribution in [-0.2, 0) is 0 Å². The smallest absolute Gasteiger partial charge is 0.287 e. The molecule has 1 aromatic carbocycles. The number of benzene rings is 1. The summed E-state index contributed by atoms with van der Waals surface area (Å²) in [7, 11) is 0. The molecule has 102 valence electrons. The summed E-state index contributed by atoms with van der Waals surface area (Å²) in [4.78, 5) is 12.1. The van der Waals surface area contributed by atoms with Gasteiger partial charge in [0, 0.05) is 18.0 Å². The highest BCUT2D eigenvalue weighted by Gasteiger charge is 2.15. The summed E-state index contributed by atoms with van der Waals surface area (Å²) in [5, 5.41) is 3.86. The molecule has 19 heavy (non-hydrogen) atoms. The number of para-hydroxylation sites is 1. The second-order valence-corrected chi connectivity index (χ2v) is 4.70. The number of carbonyl (C=O) groups excluding carboxylic acids is 1. The van der Waals surface area contributed by atoms with Gasteiger partial charge in [0.15, 0.2) is 5.76 Å². The highest BCUT2D eigenvalue weighted by Crippen LogP contribution is 2.18. The van der Waals surface area contributed by atoms with Gasteiger partial charge in [-0.15, -0.1) is 0 Å². The van der Waals surface area contributed by atoms with Crippen molar-refractivity contribution in [3.8, 4) is 0 Å². The number of fused-ring (bicyclic) bond motifs is 1. The molecule has 0 aliphatic rings. The van der Waals surface area contributed by atoms with Crippen LogP contribution in [0.15, 0.2) is 34.7 Å². The van der Waals surface area contributed by atoms with E-state index in [9.17, 15) is 4.79 Å². The fourth-order valence-corrected chi connectivity index (χ4v) is 2.05. The zero-order valence-electron chi connectivity index (χ0n) is 11.2. The molecule has 1 atom stereocenters. The third-order valence-electron chi connectivity index (χ3n) is 3.18. The average Bonchev–Trinajstić information content (AvgIpc) is 2.87. The van der Waals surface area contributed by atoms with Crippen LogP contribution in [0.1, 0.15) is 36.7 Å². The van der Waals surface area contributed by atoms with E-state index < -0.39 is 0 Å². The van der Waals surface area contributed by atoms with E-state index in [-0.39, 0.29) is 11.9 Å². The number of nitrogens with one attached hydrogen (secondary N) is 1. The normalized spacial score (nSPS) is 12.5. The third kappa shape index (κ3) is 3.35. The molecule has 4 nitrogen and oxygen atoms in total. The van der Waals surface area contributed by atoms with Crippen molar-refractivity contribution in [2.24, 2.45) is 5.73 Å². The van der Waals surface area contributed by atoms with E-state index in [0.717, 1.165) is 30.2 Å². The van der Waals surface area contributed by atoms with Crippen LogP contribution in [0, 0.1) is 0 Å². The third-order valence-corrected chi connectivity index (χ3v) is 3.18. The Labute approximate surface area is 113 Å². The van der Waals surface area contributed by atoms with E-state index in [0.29, 0.717) is 12.3 Å². The Morgan fingerprint density at radius 1 is 1.42 bits per heavy atom. The number of nitrogens with two attached hydrogens (primary N) is 1. The van der Waals surface area contributed by atoms with Gasteiger partial charge in [0.05, 0.1) is 0 Å². The molecule has 0 bridgehead atoms. The van der Waals surface area contributed by atoms with Crippen molar-refractivity contribution in [1.82, 2.24) is 5.32 Å². The lowest BCUT2D eigenvalue weighted by molar-refractivity contribution is 0.0910. The molecule has 0 aliphatic heterocycles. The molecule has 1 unspecified atom stereocenters. The Kier molecular flexibility index (Phi) is 4.58. The Hall–Kier alpha value is -1.81. The monoisotopic (exact) mass is 260 g/mol. The van der Waals surface area contributed by atoms with Crippen molar-refractivity contribution in [2.75, 3.05) is 6.54 Å². The lowest BCUT2D eigenvalue weighted by Gasteiger charge is -2.15. The van der Waals surface area contributed by atoms with E-state index in [4.69, 9.17) is 10.2 Å². The molecule has 2 rings (SSSR count). The summed E-state index contributed by atoms with van der Waals surface area (Å²) in [6, 6.07) is 9.36. The molecular weight excluding hydrogens is 240 g/mol. The molecule has 0 spiro atoms. The van der Waals surface area contributed by atoms with Crippen molar-refractivity contribution in [3.05, 3.63) is 36.1 Å². The van der Waals surface area contributed by atoms with Crippen molar-refractivity contribution < 1.29 is 9.21 Å². The van der Waals surface area contributed by atoms with Crippen LogP contribution < -0.4 is 11.1 Å². The van der Waals surface area contributed by atoms with Gasteiger partial charge in [-0.3, -0.25) is 4.79 Å². The van der Waals surface area contributed by atoms with E-state index in [1.54, 1.807) is 6.07 Å². The minimum absolute atomic E-state index is 0.0145. The highest BCUT2D eigenvalue weighted by molar-refractivity contribution is 5.96. The molecule has 0 fully saturated rings. The number of rotatable bonds is 6. The summed E-state index contributed by atoms with van der Waals surface area (Å²) in [6.07, 6.45) is 3.05. The number of hydrogen-bond donors (Lipinski definition) is 2. The van der Waals surface area contributed by atoms with Crippen molar-refractivity contribution in [2.45, 2.75) is 32.2 Å². The van der Waals surface area contributed by atoms with Crippen LogP contribution >= 0.6 is 0 Å². The van der Waals surface area contributed by atoms with Gasteiger partial charge in [0.2, 0.25) is 0 Å². The fourth-order valence-electron chi connectivity index (χ4n) is 2.05. The maximum absolute atomic E-state index is 12.1. The molecule has 3 N–H and O–H groups in total. The van der Waals surface area contributed by atoms with Gasteiger partial charge in [-0.25, -0.2) is 0 Å². The molecule has 0 aliphatic carbocycles. The molecule has 1 heterocycles. The minimum Gasteiger partial charge on any atom is -0.451 e. The first kappa shape index (κ1) is 13.6. The molecule has 4 heteroatoms. The summed E-state index contributed by atoms with van der Waals surface area (Å²) in [5.41, 5.74) is 6.40. The summed E-state index contributed by atoms with van der Waals surface area (Å²) in [5.74, 6) is 0.152. The van der Waals surface area contributed by atoms with Crippen LogP contribution in [0.5, 0.6) is 0 Å². The van der Waals surface area contributed by atoms with Gasteiger partial charge >= 0.3 is 0 Å². The van der Waals surface area contributed by atoms with Gasteiger partial charge in [0.1, 0.15) is 5.58 Å². The number of furan rings is 1. The van der Waals surface area contributed by atoms with Gasteiger partial charge < -0.3 is 15.5 Å². The molecule has 2 aromatic rings. The van der Waals surface area contributed by atoms with Crippen LogP contribution in [0.25, 0.3) is 11.0 Å². The maximum Gasteiger partial charge on any atom is 0.287 e. The van der Waals surface area contributed by atoms with Gasteiger partial charge in [-0.05, 0) is 18.6 Å². The van der Waals surface area contributed by atoms with E-state index >= 15 is 0 Å². The topological polar surface area (TPSA) is 68.3 Å². The molecule has 0 radical (unpaired) electrons. The van der Waals surface area contributed by atoms with E-state index in [1.165, 1.54) is 0 Å². The van der Waals surface area contributed by atoms with Crippen LogP contribution in [0.2, 0.25) is 0 Å². The number of unbranched alkanes of at least 4 members (excludes halogenated alkanes) is 1. The maximum atomic E-state index is 12.1. The second-order valence-electron chi connectivity index (χ2n) is 4.70. The Morgan fingerprint density at radius 2 is 2.21 bits per heavy atom. The molecule has 0 saturated heterocycles. The summed E-state index contributed by atoms with van der Waals surface area (Å²) < 4.78 is 5.53. The first-order chi connectivity index (χ1) is 9.24. The molecule has 0 saturated carbocycles. The number of carbonyl (C=O) groups is 1. The van der Waals surface area contributed by atoms with E-state index in [1.807, 2.05) is 24.3 Å². The predicted octanol–water partition coefficient (Wildman–Crippen LogP) is 2.68. The molecule has 1 amide bonds. The Bertz CT molecular complexity index is 515. The first-order valence-electron chi connectivity index (χ1n) is 6.74. The first-order valence-corrected chi connectivity index (χ1v) is 6.74. The zero-order chi connectivity index (χ0) is 13.7. The fraction of sp³-hybridized carbons (Fsp3) is 0.400. The minimum atomic E-state index is -0.192. The quantitative estimate of drug-likeness (QED) is 0.839. The van der Waals surface area contributed by atoms with Crippen molar-refractivity contribution in [3.63, 3.8) is 0 Å². The average molecular weight is 260 g/mol. The Morgan fingerprint density at radius 3 is 2.89 bits per heavy atom. The van der Waals surface area contributed by atoms with Crippen molar-refractivity contribution in [1.29, 1.82) is 0 Å². The van der Waals surface area contributed by atoms with Gasteiger partial charge in [0.25, 0.3) is 5.91 Å². The zero-order valence-corrected chi connectivity index (χ0v) is 11.2. The van der Waals surface area contributed by atoms with Gasteiger partial charge in [-0.1, -0.05) is 38.0 Å². The number of amides is 1. The van der Waals surface area contributed by atoms with Crippen LogP contribution in [0.3, 0.4) is 0 Å². The largest absolute Gasteiger partial charge is 0.451 e. The lowest BCUT2D eigenvalue weighted by Crippen LogP contribution is -2.40. The molecular formula is C15H20N2O2.